The van der Waals surface area contributed by atoms with Crippen LogP contribution in [0, 0.1) is 5.92 Å². The lowest BCUT2D eigenvalue weighted by molar-refractivity contribution is -0.143. The molecule has 19 heavy (non-hydrogen) atoms. The van der Waals surface area contributed by atoms with Crippen molar-refractivity contribution in [1.82, 2.24) is 0 Å². The molecular formula is C13H16Cl2O3S. The van der Waals surface area contributed by atoms with Gasteiger partial charge < -0.3 is 9.47 Å². The van der Waals surface area contributed by atoms with Gasteiger partial charge in [0.25, 0.3) is 0 Å². The molecule has 0 aliphatic rings. The minimum Gasteiger partial charge on any atom is -0.491 e. The van der Waals surface area contributed by atoms with Gasteiger partial charge in [0.15, 0.2) is 0 Å². The number of rotatable bonds is 7. The van der Waals surface area contributed by atoms with Crippen molar-refractivity contribution in [2.45, 2.75) is 6.92 Å². The topological polar surface area (TPSA) is 35.5 Å². The summed E-state index contributed by atoms with van der Waals surface area (Å²) in [5, 5.41) is 1.08. The van der Waals surface area contributed by atoms with E-state index in [4.69, 9.17) is 27.9 Å². The highest BCUT2D eigenvalue weighted by Gasteiger charge is 2.12. The Balaban J connectivity index is 2.22. The number of hydrogen-bond donors (Lipinski definition) is 0. The molecule has 1 atom stereocenters. The van der Waals surface area contributed by atoms with E-state index in [0.717, 1.165) is 5.75 Å². The maximum absolute atomic E-state index is 11.2. The summed E-state index contributed by atoms with van der Waals surface area (Å²) in [7, 11) is 1.40. The number of hydrogen-bond acceptors (Lipinski definition) is 4. The summed E-state index contributed by atoms with van der Waals surface area (Å²) in [5.74, 6) is 1.82. The van der Waals surface area contributed by atoms with Crippen molar-refractivity contribution in [2.24, 2.45) is 5.92 Å². The SMILES string of the molecule is COC(=O)C(C)CSCCOc1ccc(Cl)cc1Cl. The normalized spacial score (nSPS) is 12.0. The van der Waals surface area contributed by atoms with Crippen molar-refractivity contribution < 1.29 is 14.3 Å². The molecule has 1 rings (SSSR count). The second-order valence-corrected chi connectivity index (χ2v) is 5.92. The van der Waals surface area contributed by atoms with Crippen molar-refractivity contribution in [1.29, 1.82) is 0 Å². The molecule has 0 amide bonds. The molecule has 0 heterocycles. The maximum atomic E-state index is 11.2. The first-order valence-electron chi connectivity index (χ1n) is 5.78. The van der Waals surface area contributed by atoms with Crippen LogP contribution in [0.1, 0.15) is 6.92 Å². The fraction of sp³-hybridized carbons (Fsp3) is 0.462. The monoisotopic (exact) mass is 322 g/mol. The number of methoxy groups -OCH3 is 1. The zero-order valence-electron chi connectivity index (χ0n) is 10.8. The second kappa shape index (κ2) is 8.56. The maximum Gasteiger partial charge on any atom is 0.309 e. The Hall–Kier alpha value is -0.580. The molecule has 1 aromatic carbocycles. The molecule has 0 fully saturated rings. The van der Waals surface area contributed by atoms with Gasteiger partial charge in [-0.1, -0.05) is 30.1 Å². The molecule has 6 heteroatoms. The minimum absolute atomic E-state index is 0.103. The third kappa shape index (κ3) is 5.93. The number of esters is 1. The summed E-state index contributed by atoms with van der Waals surface area (Å²) in [6.07, 6.45) is 0. The molecule has 0 saturated heterocycles. The van der Waals surface area contributed by atoms with Crippen molar-refractivity contribution in [3.05, 3.63) is 28.2 Å². The van der Waals surface area contributed by atoms with Gasteiger partial charge in [-0.15, -0.1) is 0 Å². The van der Waals surface area contributed by atoms with Crippen LogP contribution in [0.15, 0.2) is 18.2 Å². The Morgan fingerprint density at radius 2 is 2.16 bits per heavy atom. The van der Waals surface area contributed by atoms with E-state index < -0.39 is 0 Å². The largest absolute Gasteiger partial charge is 0.491 e. The van der Waals surface area contributed by atoms with E-state index in [1.54, 1.807) is 30.0 Å². The molecule has 0 spiro atoms. The molecule has 106 valence electrons. The van der Waals surface area contributed by atoms with E-state index in [1.807, 2.05) is 6.92 Å². The lowest BCUT2D eigenvalue weighted by Crippen LogP contribution is -2.15. The second-order valence-electron chi connectivity index (χ2n) is 3.92. The zero-order chi connectivity index (χ0) is 14.3. The Labute approximate surface area is 127 Å². The lowest BCUT2D eigenvalue weighted by Gasteiger charge is -2.10. The summed E-state index contributed by atoms with van der Waals surface area (Å²) in [6.45, 7) is 2.37. The molecule has 1 unspecified atom stereocenters. The van der Waals surface area contributed by atoms with Crippen LogP contribution in [0.3, 0.4) is 0 Å². The van der Waals surface area contributed by atoms with Gasteiger partial charge in [-0.25, -0.2) is 0 Å². The molecular weight excluding hydrogens is 307 g/mol. The Morgan fingerprint density at radius 1 is 1.42 bits per heavy atom. The van der Waals surface area contributed by atoms with Crippen LogP contribution in [-0.2, 0) is 9.53 Å². The molecule has 3 nitrogen and oxygen atoms in total. The quantitative estimate of drug-likeness (QED) is 0.563. The molecule has 0 saturated carbocycles. The van der Waals surface area contributed by atoms with E-state index >= 15 is 0 Å². The van der Waals surface area contributed by atoms with E-state index in [9.17, 15) is 4.79 Å². The van der Waals surface area contributed by atoms with Crippen molar-refractivity contribution in [3.8, 4) is 5.75 Å². The fourth-order valence-electron chi connectivity index (χ4n) is 1.33. The number of ether oxygens (including phenoxy) is 2. The van der Waals surface area contributed by atoms with Crippen molar-refractivity contribution in [3.63, 3.8) is 0 Å². The molecule has 0 radical (unpaired) electrons. The van der Waals surface area contributed by atoms with Crippen LogP contribution in [0.2, 0.25) is 10.0 Å². The average Bonchev–Trinajstić information content (AvgIpc) is 2.39. The Morgan fingerprint density at radius 3 is 2.79 bits per heavy atom. The van der Waals surface area contributed by atoms with Crippen LogP contribution < -0.4 is 4.74 Å². The van der Waals surface area contributed by atoms with E-state index in [0.29, 0.717) is 28.2 Å². The molecule has 0 bridgehead atoms. The molecule has 0 aliphatic carbocycles. The Kier molecular flexibility index (Phi) is 7.42. The summed E-state index contributed by atoms with van der Waals surface area (Å²) < 4.78 is 10.2. The van der Waals surface area contributed by atoms with Gasteiger partial charge in [0.05, 0.1) is 24.7 Å². The van der Waals surface area contributed by atoms with Crippen LogP contribution in [0.5, 0.6) is 5.75 Å². The van der Waals surface area contributed by atoms with Crippen molar-refractivity contribution >= 4 is 40.9 Å². The highest BCUT2D eigenvalue weighted by molar-refractivity contribution is 7.99. The number of carbonyl (C=O) groups excluding carboxylic acids is 1. The van der Waals surface area contributed by atoms with Gasteiger partial charge in [0, 0.05) is 16.5 Å². The summed E-state index contributed by atoms with van der Waals surface area (Å²) in [4.78, 5) is 11.2. The third-order valence-electron chi connectivity index (χ3n) is 2.35. The molecule has 0 N–H and O–H groups in total. The highest BCUT2D eigenvalue weighted by Crippen LogP contribution is 2.27. The van der Waals surface area contributed by atoms with Gasteiger partial charge in [-0.05, 0) is 18.2 Å². The van der Waals surface area contributed by atoms with Crippen molar-refractivity contribution in [2.75, 3.05) is 25.2 Å². The number of thioether (sulfide) groups is 1. The first-order chi connectivity index (χ1) is 9.04. The first kappa shape index (κ1) is 16.5. The van der Waals surface area contributed by atoms with Crippen LogP contribution in [0.25, 0.3) is 0 Å². The number of halogens is 2. The van der Waals surface area contributed by atoms with E-state index in [2.05, 4.69) is 4.74 Å². The fourth-order valence-corrected chi connectivity index (χ4v) is 2.65. The van der Waals surface area contributed by atoms with Crippen LogP contribution in [-0.4, -0.2) is 31.2 Å². The van der Waals surface area contributed by atoms with Gasteiger partial charge in [-0.3, -0.25) is 4.79 Å². The van der Waals surface area contributed by atoms with E-state index in [1.165, 1.54) is 7.11 Å². The lowest BCUT2D eigenvalue weighted by atomic mass is 10.2. The smallest absolute Gasteiger partial charge is 0.309 e. The van der Waals surface area contributed by atoms with Crippen LogP contribution >= 0.6 is 35.0 Å². The molecule has 1 aromatic rings. The predicted molar refractivity (Wildman–Crippen MR) is 80.5 cm³/mol. The highest BCUT2D eigenvalue weighted by atomic mass is 35.5. The summed E-state index contributed by atoms with van der Waals surface area (Å²) in [5.41, 5.74) is 0. The first-order valence-corrected chi connectivity index (χ1v) is 7.69. The Bertz CT molecular complexity index is 426. The third-order valence-corrected chi connectivity index (χ3v) is 4.07. The zero-order valence-corrected chi connectivity index (χ0v) is 13.1. The van der Waals surface area contributed by atoms with Gasteiger partial charge in [-0.2, -0.15) is 11.8 Å². The summed E-state index contributed by atoms with van der Waals surface area (Å²) in [6, 6.07) is 5.12. The standard InChI is InChI=1S/C13H16Cl2O3S/c1-9(13(16)17-2)8-19-6-5-18-12-4-3-10(14)7-11(12)15/h3-4,7,9H,5-6,8H2,1-2H3. The average molecular weight is 323 g/mol. The van der Waals surface area contributed by atoms with Gasteiger partial charge in [0.2, 0.25) is 0 Å². The number of benzene rings is 1. The van der Waals surface area contributed by atoms with E-state index in [-0.39, 0.29) is 11.9 Å². The van der Waals surface area contributed by atoms with Crippen LogP contribution in [0.4, 0.5) is 0 Å². The summed E-state index contributed by atoms with van der Waals surface area (Å²) >= 11 is 13.4. The van der Waals surface area contributed by atoms with Gasteiger partial charge >= 0.3 is 5.97 Å². The number of carbonyl (C=O) groups is 1. The molecule has 0 aliphatic heterocycles. The molecule has 0 aromatic heterocycles. The van der Waals surface area contributed by atoms with Gasteiger partial charge in [0.1, 0.15) is 5.75 Å². The predicted octanol–water partition coefficient (Wildman–Crippen LogP) is 3.91. The minimum atomic E-state index is -0.186.